The van der Waals surface area contributed by atoms with E-state index in [9.17, 15) is 18.0 Å². The van der Waals surface area contributed by atoms with Crippen LogP contribution in [0.1, 0.15) is 28.8 Å². The normalized spacial score (nSPS) is 19.1. The van der Waals surface area contributed by atoms with Gasteiger partial charge in [-0.3, -0.25) is 4.79 Å². The Kier molecular flexibility index (Phi) is 4.52. The average Bonchev–Trinajstić information content (AvgIpc) is 2.96. The van der Waals surface area contributed by atoms with E-state index in [-0.39, 0.29) is 22.9 Å². The molecule has 2 N–H and O–H groups in total. The predicted molar refractivity (Wildman–Crippen MR) is 79.1 cm³/mol. The van der Waals surface area contributed by atoms with E-state index in [1.165, 1.54) is 19.2 Å². The Labute approximate surface area is 129 Å². The second-order valence-electron chi connectivity index (χ2n) is 5.17. The van der Waals surface area contributed by atoms with E-state index in [0.29, 0.717) is 18.4 Å². The van der Waals surface area contributed by atoms with Crippen LogP contribution < -0.4 is 5.32 Å². The lowest BCUT2D eigenvalue weighted by Gasteiger charge is -2.23. The number of likely N-dealkylation sites (N-methyl/N-ethyl adjacent to an activating group) is 1. The topological polar surface area (TPSA) is 104 Å². The van der Waals surface area contributed by atoms with Crippen molar-refractivity contribution >= 4 is 21.9 Å². The van der Waals surface area contributed by atoms with Crippen molar-refractivity contribution in [2.45, 2.75) is 30.7 Å². The van der Waals surface area contributed by atoms with E-state index >= 15 is 0 Å². The monoisotopic (exact) mass is 326 g/mol. The van der Waals surface area contributed by atoms with Crippen LogP contribution >= 0.6 is 0 Å². The number of hydrogen-bond acceptors (Lipinski definition) is 4. The Balaban J connectivity index is 2.44. The van der Waals surface area contributed by atoms with Gasteiger partial charge in [-0.2, -0.15) is 4.31 Å². The largest absolute Gasteiger partial charge is 0.478 e. The molecule has 0 radical (unpaired) electrons. The molecule has 120 valence electrons. The van der Waals surface area contributed by atoms with Crippen LogP contribution in [0.25, 0.3) is 0 Å². The molecule has 1 aromatic carbocycles. The maximum Gasteiger partial charge on any atom is 0.335 e. The number of rotatable bonds is 4. The highest BCUT2D eigenvalue weighted by atomic mass is 32.2. The van der Waals surface area contributed by atoms with Crippen LogP contribution in [0.3, 0.4) is 0 Å². The number of carboxylic acids is 1. The zero-order chi connectivity index (χ0) is 16.5. The number of benzene rings is 1. The lowest BCUT2D eigenvalue weighted by Crippen LogP contribution is -2.44. The van der Waals surface area contributed by atoms with Crippen LogP contribution in [0.5, 0.6) is 0 Å². The van der Waals surface area contributed by atoms with E-state index in [2.05, 4.69) is 5.32 Å². The summed E-state index contributed by atoms with van der Waals surface area (Å²) in [5.41, 5.74) is 0.424. The smallest absolute Gasteiger partial charge is 0.335 e. The fourth-order valence-corrected chi connectivity index (χ4v) is 4.27. The van der Waals surface area contributed by atoms with Crippen LogP contribution in [0.15, 0.2) is 23.1 Å². The second kappa shape index (κ2) is 6.05. The summed E-state index contributed by atoms with van der Waals surface area (Å²) in [7, 11) is -2.45. The van der Waals surface area contributed by atoms with Crippen LogP contribution in [-0.4, -0.2) is 49.3 Å². The molecule has 0 aliphatic carbocycles. The Morgan fingerprint density at radius 3 is 2.64 bits per heavy atom. The summed E-state index contributed by atoms with van der Waals surface area (Å²) >= 11 is 0. The van der Waals surface area contributed by atoms with E-state index in [4.69, 9.17) is 5.11 Å². The summed E-state index contributed by atoms with van der Waals surface area (Å²) in [5.74, 6) is -1.54. The van der Waals surface area contributed by atoms with Crippen molar-refractivity contribution in [3.63, 3.8) is 0 Å². The fourth-order valence-electron chi connectivity index (χ4n) is 2.58. The zero-order valence-electron chi connectivity index (χ0n) is 12.4. The molecule has 0 saturated carbocycles. The van der Waals surface area contributed by atoms with Gasteiger partial charge < -0.3 is 10.4 Å². The van der Waals surface area contributed by atoms with Crippen molar-refractivity contribution in [2.24, 2.45) is 0 Å². The van der Waals surface area contributed by atoms with Gasteiger partial charge in [0.05, 0.1) is 10.5 Å². The van der Waals surface area contributed by atoms with E-state index in [1.807, 2.05) is 0 Å². The number of carboxylic acid groups (broad SMARTS) is 1. The number of nitrogens with one attached hydrogen (secondary N) is 1. The molecular weight excluding hydrogens is 308 g/mol. The summed E-state index contributed by atoms with van der Waals surface area (Å²) in [5, 5.41) is 11.6. The van der Waals surface area contributed by atoms with Crippen molar-refractivity contribution in [3.8, 4) is 0 Å². The van der Waals surface area contributed by atoms with Gasteiger partial charge in [-0.1, -0.05) is 6.07 Å². The molecule has 22 heavy (non-hydrogen) atoms. The minimum Gasteiger partial charge on any atom is -0.478 e. The van der Waals surface area contributed by atoms with E-state index in [1.54, 1.807) is 6.92 Å². The molecular formula is C14H18N2O5S. The number of aromatic carboxylic acids is 1. The summed E-state index contributed by atoms with van der Waals surface area (Å²) in [6.45, 7) is 1.85. The van der Waals surface area contributed by atoms with Gasteiger partial charge in [-0.25, -0.2) is 13.2 Å². The number of amides is 1. The molecule has 1 atom stereocenters. The predicted octanol–water partition coefficient (Wildman–Crippen LogP) is 0.592. The first-order valence-corrected chi connectivity index (χ1v) is 8.30. The highest BCUT2D eigenvalue weighted by Crippen LogP contribution is 2.27. The first-order chi connectivity index (χ1) is 10.3. The highest BCUT2D eigenvalue weighted by molar-refractivity contribution is 7.89. The van der Waals surface area contributed by atoms with Crippen molar-refractivity contribution in [1.82, 2.24) is 9.62 Å². The molecule has 0 aromatic heterocycles. The third-order valence-corrected chi connectivity index (χ3v) is 5.70. The molecule has 0 bridgehead atoms. The molecule has 8 heteroatoms. The quantitative estimate of drug-likeness (QED) is 0.843. The van der Waals surface area contributed by atoms with Gasteiger partial charge >= 0.3 is 5.97 Å². The van der Waals surface area contributed by atoms with Gasteiger partial charge in [-0.05, 0) is 37.5 Å². The molecule has 1 aromatic rings. The number of carbonyl (C=O) groups is 2. The molecule has 0 unspecified atom stereocenters. The molecule has 1 fully saturated rings. The highest BCUT2D eigenvalue weighted by Gasteiger charge is 2.39. The molecule has 1 aliphatic heterocycles. The van der Waals surface area contributed by atoms with Gasteiger partial charge in [-0.15, -0.1) is 0 Å². The number of carbonyl (C=O) groups excluding carboxylic acids is 1. The van der Waals surface area contributed by atoms with Crippen LogP contribution in [0.4, 0.5) is 0 Å². The maximum atomic E-state index is 12.7. The van der Waals surface area contributed by atoms with Gasteiger partial charge in [0.1, 0.15) is 6.04 Å². The zero-order valence-corrected chi connectivity index (χ0v) is 13.2. The van der Waals surface area contributed by atoms with Crippen LogP contribution in [0, 0.1) is 6.92 Å². The first kappa shape index (κ1) is 16.4. The Bertz CT molecular complexity index is 714. The molecule has 1 amide bonds. The third-order valence-electron chi connectivity index (χ3n) is 3.80. The van der Waals surface area contributed by atoms with Gasteiger partial charge in [0.25, 0.3) is 0 Å². The number of aryl methyl sites for hydroxylation is 1. The van der Waals surface area contributed by atoms with Crippen molar-refractivity contribution in [1.29, 1.82) is 0 Å². The Morgan fingerprint density at radius 1 is 1.36 bits per heavy atom. The van der Waals surface area contributed by atoms with Gasteiger partial charge in [0.15, 0.2) is 0 Å². The molecule has 1 heterocycles. The van der Waals surface area contributed by atoms with Gasteiger partial charge in [0, 0.05) is 13.6 Å². The second-order valence-corrected chi connectivity index (χ2v) is 7.06. The number of sulfonamides is 1. The minimum atomic E-state index is -3.91. The first-order valence-electron chi connectivity index (χ1n) is 6.86. The Hall–Kier alpha value is -1.93. The average molecular weight is 326 g/mol. The number of nitrogens with zero attached hydrogens (tertiary/aromatic N) is 1. The maximum absolute atomic E-state index is 12.7. The molecule has 1 aliphatic rings. The fraction of sp³-hybridized carbons (Fsp3) is 0.429. The molecule has 1 saturated heterocycles. The SMILES string of the molecule is CNC(=O)[C@@H]1CCCN1S(=O)(=O)c1ccc(C)c(C(=O)O)c1. The Morgan fingerprint density at radius 2 is 2.05 bits per heavy atom. The van der Waals surface area contributed by atoms with Crippen molar-refractivity contribution < 1.29 is 23.1 Å². The van der Waals surface area contributed by atoms with E-state index < -0.39 is 22.0 Å². The summed E-state index contributed by atoms with van der Waals surface area (Å²) in [6.07, 6.45) is 1.05. The van der Waals surface area contributed by atoms with Crippen molar-refractivity contribution in [3.05, 3.63) is 29.3 Å². The molecule has 0 spiro atoms. The van der Waals surface area contributed by atoms with Crippen LogP contribution in [0.2, 0.25) is 0 Å². The molecule has 7 nitrogen and oxygen atoms in total. The number of hydrogen-bond donors (Lipinski definition) is 2. The lowest BCUT2D eigenvalue weighted by atomic mass is 10.1. The lowest BCUT2D eigenvalue weighted by molar-refractivity contribution is -0.123. The third kappa shape index (κ3) is 2.84. The minimum absolute atomic E-state index is 0.0586. The standard InChI is InChI=1S/C14H18N2O5S/c1-9-5-6-10(8-11(9)14(18)19)22(20,21)16-7-3-4-12(16)13(17)15-2/h5-6,8,12H,3-4,7H2,1-2H3,(H,15,17)(H,18,19)/t12-/m0/s1. The summed E-state index contributed by atoms with van der Waals surface area (Å²) in [4.78, 5) is 22.9. The van der Waals surface area contributed by atoms with Gasteiger partial charge in [0.2, 0.25) is 15.9 Å². The van der Waals surface area contributed by atoms with Crippen LogP contribution in [-0.2, 0) is 14.8 Å². The summed E-state index contributed by atoms with van der Waals surface area (Å²) < 4.78 is 26.5. The van der Waals surface area contributed by atoms with Crippen molar-refractivity contribution in [2.75, 3.05) is 13.6 Å². The molecule has 2 rings (SSSR count). The summed E-state index contributed by atoms with van der Waals surface area (Å²) in [6, 6.07) is 3.23. The van der Waals surface area contributed by atoms with E-state index in [0.717, 1.165) is 10.4 Å².